The molecule has 6 rings (SSSR count). The van der Waals surface area contributed by atoms with Crippen LogP contribution in [0.4, 0.5) is 5.82 Å². The van der Waals surface area contributed by atoms with Crippen molar-refractivity contribution in [3.05, 3.63) is 42.9 Å². The zero-order chi connectivity index (χ0) is 16.8. The maximum atomic E-state index is 4.67. The van der Waals surface area contributed by atoms with Gasteiger partial charge in [-0.05, 0) is 63.0 Å². The molecule has 0 spiro atoms. The van der Waals surface area contributed by atoms with Crippen molar-refractivity contribution in [2.45, 2.75) is 31.8 Å². The molecule has 0 aliphatic carbocycles. The fourth-order valence-electron chi connectivity index (χ4n) is 4.46. The molecule has 6 heterocycles. The highest BCUT2D eigenvalue weighted by molar-refractivity contribution is 5.81. The van der Waals surface area contributed by atoms with E-state index in [-0.39, 0.29) is 0 Å². The first kappa shape index (κ1) is 14.9. The molecule has 3 saturated heterocycles. The largest absolute Gasteiger partial charge is 0.365 e. The van der Waals surface area contributed by atoms with Crippen LogP contribution in [0.25, 0.3) is 22.2 Å². The number of hydrogen-bond acceptors (Lipinski definition) is 4. The quantitative estimate of drug-likeness (QED) is 0.770. The second-order valence-electron chi connectivity index (χ2n) is 7.36. The molecule has 2 bridgehead atoms. The summed E-state index contributed by atoms with van der Waals surface area (Å²) in [7, 11) is 0. The van der Waals surface area contributed by atoms with Gasteiger partial charge in [0.25, 0.3) is 0 Å². The van der Waals surface area contributed by atoms with E-state index in [4.69, 9.17) is 0 Å². The molecule has 25 heavy (non-hydrogen) atoms. The summed E-state index contributed by atoms with van der Waals surface area (Å²) in [5.41, 5.74) is 3.12. The molecule has 3 aromatic heterocycles. The number of nitrogens with zero attached hydrogens (tertiary/aromatic N) is 3. The zero-order valence-electron chi connectivity index (χ0n) is 14.4. The molecular weight excluding hydrogens is 310 g/mol. The fraction of sp³-hybridized carbons (Fsp3) is 0.400. The van der Waals surface area contributed by atoms with E-state index in [0.29, 0.717) is 12.1 Å². The van der Waals surface area contributed by atoms with Crippen LogP contribution in [0.15, 0.2) is 42.9 Å². The second-order valence-corrected chi connectivity index (χ2v) is 7.36. The van der Waals surface area contributed by atoms with Crippen LogP contribution < -0.4 is 5.32 Å². The lowest BCUT2D eigenvalue weighted by molar-refractivity contribution is 0.0457. The second kappa shape index (κ2) is 5.85. The minimum absolute atomic E-state index is 0.513. The molecule has 3 aromatic rings. The number of H-pyrrole nitrogens is 1. The van der Waals surface area contributed by atoms with Crippen LogP contribution in [0.2, 0.25) is 0 Å². The van der Waals surface area contributed by atoms with Crippen molar-refractivity contribution in [1.82, 2.24) is 19.9 Å². The number of piperidine rings is 3. The van der Waals surface area contributed by atoms with Crippen LogP contribution in [0.5, 0.6) is 0 Å². The summed E-state index contributed by atoms with van der Waals surface area (Å²) in [5, 5.41) is 4.82. The number of fused-ring (bicyclic) bond motifs is 4. The summed E-state index contributed by atoms with van der Waals surface area (Å²) >= 11 is 0. The molecule has 0 aromatic carbocycles. The third kappa shape index (κ3) is 2.59. The van der Waals surface area contributed by atoms with Gasteiger partial charge < -0.3 is 10.3 Å². The van der Waals surface area contributed by atoms with E-state index in [1.165, 1.54) is 25.9 Å². The van der Waals surface area contributed by atoms with E-state index in [9.17, 15) is 0 Å². The van der Waals surface area contributed by atoms with Crippen LogP contribution in [-0.2, 0) is 0 Å². The van der Waals surface area contributed by atoms with E-state index in [2.05, 4.69) is 50.3 Å². The van der Waals surface area contributed by atoms with Gasteiger partial charge in [0.05, 0.1) is 0 Å². The van der Waals surface area contributed by atoms with Crippen molar-refractivity contribution in [3.63, 3.8) is 0 Å². The van der Waals surface area contributed by atoms with Crippen molar-refractivity contribution in [2.75, 3.05) is 18.4 Å². The predicted octanol–water partition coefficient (Wildman–Crippen LogP) is 3.52. The van der Waals surface area contributed by atoms with Crippen LogP contribution in [0.1, 0.15) is 19.8 Å². The van der Waals surface area contributed by atoms with Gasteiger partial charge in [0.2, 0.25) is 0 Å². The van der Waals surface area contributed by atoms with Gasteiger partial charge in [-0.15, -0.1) is 0 Å². The SMILES string of the molecule is C[C@@H]1[C@@H](Nc2ccc(-c3cnc4[nH]ccc4c3)cn2)C2CCN1CC2. The van der Waals surface area contributed by atoms with Crippen LogP contribution in [0, 0.1) is 5.92 Å². The zero-order valence-corrected chi connectivity index (χ0v) is 14.4. The summed E-state index contributed by atoms with van der Waals surface area (Å²) in [5.74, 6) is 1.76. The molecule has 5 heteroatoms. The standard InChI is InChI=1S/C20H23N5/c1-13-19(14-5-8-25(13)9-6-14)24-18-3-2-16(11-22-18)17-10-15-4-7-21-20(15)23-12-17/h2-4,7,10-14,19H,5-6,8-9H2,1H3,(H,21,23)(H,22,24)/t13-,19-/m1/s1. The average molecular weight is 333 g/mol. The van der Waals surface area contributed by atoms with Crippen molar-refractivity contribution in [2.24, 2.45) is 5.92 Å². The van der Waals surface area contributed by atoms with Crippen molar-refractivity contribution in [3.8, 4) is 11.1 Å². The minimum Gasteiger partial charge on any atom is -0.365 e. The maximum Gasteiger partial charge on any atom is 0.137 e. The maximum absolute atomic E-state index is 4.67. The summed E-state index contributed by atoms with van der Waals surface area (Å²) in [6.45, 7) is 4.85. The lowest BCUT2D eigenvalue weighted by Gasteiger charge is -2.50. The summed E-state index contributed by atoms with van der Waals surface area (Å²) in [4.78, 5) is 14.9. The lowest BCUT2D eigenvalue weighted by atomic mass is 9.79. The predicted molar refractivity (Wildman–Crippen MR) is 100 cm³/mol. The molecule has 2 N–H and O–H groups in total. The van der Waals surface area contributed by atoms with Gasteiger partial charge in [-0.1, -0.05) is 0 Å². The molecule has 128 valence electrons. The van der Waals surface area contributed by atoms with Crippen LogP contribution in [0.3, 0.4) is 0 Å². The van der Waals surface area contributed by atoms with Crippen molar-refractivity contribution in [1.29, 1.82) is 0 Å². The van der Waals surface area contributed by atoms with E-state index in [1.807, 2.05) is 24.7 Å². The Bertz CT molecular complexity index is 874. The number of aromatic amines is 1. The van der Waals surface area contributed by atoms with E-state index < -0.39 is 0 Å². The summed E-state index contributed by atoms with van der Waals surface area (Å²) in [6, 6.07) is 9.54. The minimum atomic E-state index is 0.513. The van der Waals surface area contributed by atoms with Gasteiger partial charge in [-0.3, -0.25) is 4.90 Å². The smallest absolute Gasteiger partial charge is 0.137 e. The Hall–Kier alpha value is -2.40. The highest BCUT2D eigenvalue weighted by atomic mass is 15.2. The Morgan fingerprint density at radius 2 is 1.92 bits per heavy atom. The summed E-state index contributed by atoms with van der Waals surface area (Å²) < 4.78 is 0. The Labute approximate surface area is 147 Å². The van der Waals surface area contributed by atoms with E-state index in [0.717, 1.165) is 33.9 Å². The number of rotatable bonds is 3. The Morgan fingerprint density at radius 1 is 1.08 bits per heavy atom. The number of pyridine rings is 2. The van der Waals surface area contributed by atoms with Gasteiger partial charge in [-0.25, -0.2) is 9.97 Å². The highest BCUT2D eigenvalue weighted by Gasteiger charge is 2.39. The molecule has 3 aliphatic heterocycles. The van der Waals surface area contributed by atoms with Gasteiger partial charge >= 0.3 is 0 Å². The molecule has 0 unspecified atom stereocenters. The number of nitrogens with one attached hydrogen (secondary N) is 2. The summed E-state index contributed by atoms with van der Waals surface area (Å²) in [6.07, 6.45) is 8.38. The molecule has 5 nitrogen and oxygen atoms in total. The third-order valence-electron chi connectivity index (χ3n) is 5.99. The Balaban J connectivity index is 1.36. The molecular formula is C20H23N5. The van der Waals surface area contributed by atoms with E-state index >= 15 is 0 Å². The molecule has 0 amide bonds. The van der Waals surface area contributed by atoms with Gasteiger partial charge in [0, 0.05) is 47.2 Å². The normalized spacial score (nSPS) is 28.4. The molecule has 2 atom stereocenters. The molecule has 0 radical (unpaired) electrons. The Kier molecular flexibility index (Phi) is 3.48. The van der Waals surface area contributed by atoms with Crippen molar-refractivity contribution < 1.29 is 0 Å². The molecule has 0 saturated carbocycles. The molecule has 3 fully saturated rings. The molecule has 3 aliphatic rings. The highest BCUT2D eigenvalue weighted by Crippen LogP contribution is 2.34. The van der Waals surface area contributed by atoms with Crippen LogP contribution >= 0.6 is 0 Å². The first-order valence-corrected chi connectivity index (χ1v) is 9.18. The number of anilines is 1. The van der Waals surface area contributed by atoms with E-state index in [1.54, 1.807) is 0 Å². The average Bonchev–Trinajstić information content (AvgIpc) is 3.13. The monoisotopic (exact) mass is 333 g/mol. The first-order valence-electron chi connectivity index (χ1n) is 9.18. The topological polar surface area (TPSA) is 56.8 Å². The van der Waals surface area contributed by atoms with Crippen LogP contribution in [-0.4, -0.2) is 45.0 Å². The first-order chi connectivity index (χ1) is 12.3. The van der Waals surface area contributed by atoms with Gasteiger partial charge in [0.1, 0.15) is 11.5 Å². The van der Waals surface area contributed by atoms with Gasteiger partial charge in [0.15, 0.2) is 0 Å². The van der Waals surface area contributed by atoms with Gasteiger partial charge in [-0.2, -0.15) is 0 Å². The third-order valence-corrected chi connectivity index (χ3v) is 5.99. The Morgan fingerprint density at radius 3 is 2.68 bits per heavy atom. The number of hydrogen-bond donors (Lipinski definition) is 2. The number of aromatic nitrogens is 3. The lowest BCUT2D eigenvalue weighted by Crippen LogP contribution is -2.59. The fourth-order valence-corrected chi connectivity index (χ4v) is 4.46. The van der Waals surface area contributed by atoms with Crippen molar-refractivity contribution >= 4 is 16.9 Å².